The summed E-state index contributed by atoms with van der Waals surface area (Å²) < 4.78 is 16.5. The monoisotopic (exact) mass is 307 g/mol. The molecule has 1 rings (SSSR count). The zero-order valence-corrected chi connectivity index (χ0v) is 12.7. The highest BCUT2D eigenvalue weighted by atomic mass is 16.5. The molecule has 0 radical (unpaired) electrons. The molecule has 0 fully saturated rings. The van der Waals surface area contributed by atoms with E-state index in [4.69, 9.17) is 45.6 Å². The Morgan fingerprint density at radius 3 is 1.96 bits per heavy atom. The normalized spacial score (nSPS) is 10.5. The smallest absolute Gasteiger partial charge is 0.163 e. The summed E-state index contributed by atoms with van der Waals surface area (Å²) >= 11 is 0. The van der Waals surface area contributed by atoms with Crippen molar-refractivity contribution < 1.29 is 14.2 Å². The Kier molecular flexibility index (Phi) is 7.71. The minimum Gasteiger partial charge on any atom is -0.477 e. The second kappa shape index (κ2) is 9.83. The highest BCUT2D eigenvalue weighted by molar-refractivity contribution is 5.54. The second-order valence-corrected chi connectivity index (χ2v) is 4.26. The van der Waals surface area contributed by atoms with E-state index in [9.17, 15) is 0 Å². The van der Waals surface area contributed by atoms with Crippen LogP contribution in [0, 0.1) is 49.4 Å². The van der Waals surface area contributed by atoms with Crippen molar-refractivity contribution in [1.29, 1.82) is 0 Å². The van der Waals surface area contributed by atoms with Crippen LogP contribution in [-0.4, -0.2) is 26.4 Å². The highest BCUT2D eigenvalue weighted by Gasteiger charge is 2.18. The van der Waals surface area contributed by atoms with Gasteiger partial charge in [0.1, 0.15) is 19.8 Å². The van der Waals surface area contributed by atoms with Gasteiger partial charge in [-0.1, -0.05) is 23.7 Å². The van der Waals surface area contributed by atoms with Crippen molar-refractivity contribution >= 4 is 0 Å². The molecule has 0 aliphatic carbocycles. The lowest BCUT2D eigenvalue weighted by Gasteiger charge is -2.19. The minimum absolute atomic E-state index is 0.0692. The van der Waals surface area contributed by atoms with Crippen molar-refractivity contribution in [2.75, 3.05) is 26.4 Å². The van der Waals surface area contributed by atoms with Crippen LogP contribution in [0.3, 0.4) is 0 Å². The van der Waals surface area contributed by atoms with Gasteiger partial charge in [-0.3, -0.25) is 0 Å². The van der Waals surface area contributed by atoms with Gasteiger partial charge in [-0.05, 0) is 6.07 Å². The lowest BCUT2D eigenvalue weighted by molar-refractivity contribution is 0.0841. The molecule has 0 amide bonds. The molecule has 0 saturated heterocycles. The van der Waals surface area contributed by atoms with Gasteiger partial charge in [-0.25, -0.2) is 0 Å². The molecule has 1 aromatic carbocycles. The maximum absolute atomic E-state index is 5.74. The van der Waals surface area contributed by atoms with E-state index in [0.717, 1.165) is 0 Å². The van der Waals surface area contributed by atoms with E-state index in [2.05, 4.69) is 23.7 Å². The molecular weight excluding hydrogens is 290 g/mol. The number of benzene rings is 1. The Balaban J connectivity index is 3.29. The summed E-state index contributed by atoms with van der Waals surface area (Å²) in [4.78, 5) is 0. The topological polar surface area (TPSA) is 53.7 Å². The van der Waals surface area contributed by atoms with E-state index < -0.39 is 6.10 Å². The van der Waals surface area contributed by atoms with Crippen LogP contribution in [0.15, 0.2) is 12.1 Å². The molecule has 23 heavy (non-hydrogen) atoms. The molecule has 0 saturated carbocycles. The molecule has 0 spiro atoms. The molecule has 116 valence electrons. The summed E-state index contributed by atoms with van der Waals surface area (Å²) in [5, 5.41) is 0. The predicted octanol–water partition coefficient (Wildman–Crippen LogP) is 1.34. The standard InChI is InChI=1S/C19H17NO3/c1-5-9-21-17-12-15(8-4)16(13-18(17)22-10-6-2)19(14-20)23-11-7-3/h1-4,12-13,19H,9-11,14,20H2. The van der Waals surface area contributed by atoms with Gasteiger partial charge in [-0.15, -0.1) is 25.7 Å². The highest BCUT2D eigenvalue weighted by Crippen LogP contribution is 2.34. The van der Waals surface area contributed by atoms with Crippen molar-refractivity contribution in [3.05, 3.63) is 23.3 Å². The second-order valence-electron chi connectivity index (χ2n) is 4.26. The van der Waals surface area contributed by atoms with Crippen LogP contribution in [0.5, 0.6) is 11.5 Å². The molecule has 4 nitrogen and oxygen atoms in total. The molecule has 0 bridgehead atoms. The minimum atomic E-state index is -0.466. The summed E-state index contributed by atoms with van der Waals surface area (Å²) in [6, 6.07) is 3.33. The number of nitrogens with two attached hydrogens (primary N) is 1. The van der Waals surface area contributed by atoms with E-state index in [1.54, 1.807) is 12.1 Å². The van der Waals surface area contributed by atoms with E-state index in [-0.39, 0.29) is 26.4 Å². The Morgan fingerprint density at radius 2 is 1.48 bits per heavy atom. The van der Waals surface area contributed by atoms with Crippen LogP contribution in [0.2, 0.25) is 0 Å². The average molecular weight is 307 g/mol. The largest absolute Gasteiger partial charge is 0.477 e. The summed E-state index contributed by atoms with van der Waals surface area (Å²) in [5.41, 5.74) is 6.97. The van der Waals surface area contributed by atoms with Crippen molar-refractivity contribution in [3.63, 3.8) is 0 Å². The Hall–Kier alpha value is -3.02. The molecule has 0 aliphatic heterocycles. The first-order valence-corrected chi connectivity index (χ1v) is 6.74. The molecule has 2 N–H and O–H groups in total. The van der Waals surface area contributed by atoms with Crippen LogP contribution < -0.4 is 15.2 Å². The van der Waals surface area contributed by atoms with Gasteiger partial charge < -0.3 is 19.9 Å². The molecular formula is C19H17NO3. The maximum Gasteiger partial charge on any atom is 0.163 e. The van der Waals surface area contributed by atoms with Crippen LogP contribution in [0.4, 0.5) is 0 Å². The lowest BCUT2D eigenvalue weighted by Crippen LogP contribution is -2.17. The number of rotatable bonds is 8. The number of hydrogen-bond donors (Lipinski definition) is 1. The number of terminal acetylenes is 4. The third kappa shape index (κ3) is 5.03. The van der Waals surface area contributed by atoms with Crippen LogP contribution in [0.1, 0.15) is 17.2 Å². The fraction of sp³-hybridized carbons (Fsp3) is 0.263. The van der Waals surface area contributed by atoms with Crippen LogP contribution in [0.25, 0.3) is 0 Å². The first kappa shape index (κ1) is 18.0. The molecule has 4 heteroatoms. The van der Waals surface area contributed by atoms with Gasteiger partial charge in [0.2, 0.25) is 0 Å². The van der Waals surface area contributed by atoms with Gasteiger partial charge in [0.05, 0.1) is 6.10 Å². The summed E-state index contributed by atoms with van der Waals surface area (Å²) in [7, 11) is 0. The quantitative estimate of drug-likeness (QED) is 0.737. The third-order valence-corrected chi connectivity index (χ3v) is 2.82. The fourth-order valence-electron chi connectivity index (χ4n) is 1.86. The van der Waals surface area contributed by atoms with E-state index >= 15 is 0 Å². The first-order chi connectivity index (χ1) is 11.2. The third-order valence-electron chi connectivity index (χ3n) is 2.82. The summed E-state index contributed by atoms with van der Waals surface area (Å²) in [6.07, 6.45) is 20.7. The van der Waals surface area contributed by atoms with Gasteiger partial charge in [0, 0.05) is 23.7 Å². The van der Waals surface area contributed by atoms with Gasteiger partial charge >= 0.3 is 0 Å². The van der Waals surface area contributed by atoms with Gasteiger partial charge in [0.15, 0.2) is 11.5 Å². The lowest BCUT2D eigenvalue weighted by atomic mass is 10.0. The van der Waals surface area contributed by atoms with E-state index in [1.807, 2.05) is 0 Å². The molecule has 0 heterocycles. The molecule has 0 aliphatic rings. The van der Waals surface area contributed by atoms with Gasteiger partial charge in [0.25, 0.3) is 0 Å². The maximum atomic E-state index is 5.74. The molecule has 0 aromatic heterocycles. The van der Waals surface area contributed by atoms with Crippen LogP contribution in [-0.2, 0) is 4.74 Å². The van der Waals surface area contributed by atoms with E-state index in [1.165, 1.54) is 0 Å². The Bertz CT molecular complexity index is 696. The van der Waals surface area contributed by atoms with Crippen LogP contribution >= 0.6 is 0 Å². The zero-order chi connectivity index (χ0) is 17.1. The zero-order valence-electron chi connectivity index (χ0n) is 12.7. The molecule has 1 unspecified atom stereocenters. The Morgan fingerprint density at radius 1 is 0.913 bits per heavy atom. The SMILES string of the molecule is C#CCOc1cc(C#C)c(C(CN)OCC#C)cc1OCC#C. The number of ether oxygens (including phenoxy) is 3. The predicted molar refractivity (Wildman–Crippen MR) is 89.6 cm³/mol. The van der Waals surface area contributed by atoms with Crippen molar-refractivity contribution in [1.82, 2.24) is 0 Å². The first-order valence-electron chi connectivity index (χ1n) is 6.74. The van der Waals surface area contributed by atoms with E-state index in [0.29, 0.717) is 22.6 Å². The average Bonchev–Trinajstić information content (AvgIpc) is 2.59. The van der Waals surface area contributed by atoms with Crippen molar-refractivity contribution in [2.45, 2.75) is 6.10 Å². The summed E-state index contributed by atoms with van der Waals surface area (Å²) in [5.74, 6) is 10.5. The fourth-order valence-corrected chi connectivity index (χ4v) is 1.86. The Labute approximate surface area is 137 Å². The number of hydrogen-bond acceptors (Lipinski definition) is 4. The molecule has 1 atom stereocenters. The molecule has 1 aromatic rings. The summed E-state index contributed by atoms with van der Waals surface area (Å²) in [6.45, 7) is 0.459. The van der Waals surface area contributed by atoms with Gasteiger partial charge in [-0.2, -0.15) is 0 Å². The van der Waals surface area contributed by atoms with Crippen molar-refractivity contribution in [2.24, 2.45) is 5.73 Å². The van der Waals surface area contributed by atoms with Crippen molar-refractivity contribution in [3.8, 4) is 60.9 Å².